The van der Waals surface area contributed by atoms with Gasteiger partial charge in [0.2, 0.25) is 11.8 Å². The molecule has 0 spiro atoms. The zero-order valence-electron chi connectivity index (χ0n) is 27.2. The van der Waals surface area contributed by atoms with Gasteiger partial charge < -0.3 is 29.3 Å². The van der Waals surface area contributed by atoms with Crippen LogP contribution in [0.3, 0.4) is 0 Å². The summed E-state index contributed by atoms with van der Waals surface area (Å²) in [5, 5.41) is 23.9. The second kappa shape index (κ2) is 14.4. The third-order valence-corrected chi connectivity index (χ3v) is 9.64. The lowest BCUT2D eigenvalue weighted by molar-refractivity contribution is -0.122. The van der Waals surface area contributed by atoms with Gasteiger partial charge in [0.05, 0.1) is 35.9 Å². The summed E-state index contributed by atoms with van der Waals surface area (Å²) in [4.78, 5) is 34.1. The number of imide groups is 1. The highest BCUT2D eigenvalue weighted by atomic mass is 16.5. The number of para-hydroxylation sites is 1. The van der Waals surface area contributed by atoms with Crippen LogP contribution in [0.25, 0.3) is 11.6 Å². The van der Waals surface area contributed by atoms with Crippen molar-refractivity contribution in [3.63, 3.8) is 0 Å². The van der Waals surface area contributed by atoms with Crippen molar-refractivity contribution in [1.82, 2.24) is 4.98 Å². The molecule has 10 nitrogen and oxygen atoms in total. The maximum absolute atomic E-state index is 14.2. The number of aliphatic hydroxyl groups excluding tert-OH is 1. The lowest BCUT2D eigenvalue weighted by atomic mass is 9.58. The molecule has 0 unspecified atom stereocenters. The van der Waals surface area contributed by atoms with E-state index < -0.39 is 25.1 Å². The van der Waals surface area contributed by atoms with Gasteiger partial charge in [-0.15, -0.1) is 0 Å². The van der Waals surface area contributed by atoms with Crippen LogP contribution >= 0.6 is 0 Å². The summed E-state index contributed by atoms with van der Waals surface area (Å²) in [6, 6.07) is 26.3. The topological polar surface area (TPSA) is 134 Å². The third-order valence-electron chi connectivity index (χ3n) is 9.64. The predicted molar refractivity (Wildman–Crippen MR) is 186 cm³/mol. The van der Waals surface area contributed by atoms with Crippen LogP contribution in [0.5, 0.6) is 0 Å². The fourth-order valence-electron chi connectivity index (χ4n) is 7.55. The Bertz CT molecular complexity index is 1860. The van der Waals surface area contributed by atoms with Crippen molar-refractivity contribution in [3.05, 3.63) is 119 Å². The Hall–Kier alpha value is -4.81. The van der Waals surface area contributed by atoms with E-state index in [9.17, 15) is 19.7 Å². The molecule has 3 aliphatic rings. The van der Waals surface area contributed by atoms with Gasteiger partial charge in [0, 0.05) is 24.7 Å². The Labute approximate surface area is 285 Å². The highest BCUT2D eigenvalue weighted by molar-refractivity contribution is 6.43. The Morgan fingerprint density at radius 1 is 1.00 bits per heavy atom. The Balaban J connectivity index is 1.15. The molecule has 2 aromatic carbocycles. The number of pyridine rings is 1. The number of aliphatic hydroxyl groups is 1. The van der Waals surface area contributed by atoms with E-state index in [1.165, 1.54) is 4.90 Å². The number of methoxy groups -OCH3 is 1. The van der Waals surface area contributed by atoms with Gasteiger partial charge in [0.1, 0.15) is 18.1 Å². The van der Waals surface area contributed by atoms with Crippen LogP contribution in [0.1, 0.15) is 36.5 Å². The van der Waals surface area contributed by atoms with Gasteiger partial charge in [0.25, 0.3) is 0 Å². The van der Waals surface area contributed by atoms with E-state index in [1.54, 1.807) is 37.6 Å². The number of fused-ring (bicyclic) bond motifs is 3. The molecular weight excluding hydrogens is 621 g/mol. The zero-order valence-corrected chi connectivity index (χ0v) is 27.2. The molecule has 4 atom stereocenters. The first-order valence-corrected chi connectivity index (χ1v) is 16.6. The van der Waals surface area contributed by atoms with Crippen LogP contribution in [-0.2, 0) is 25.6 Å². The molecule has 49 heavy (non-hydrogen) atoms. The van der Waals surface area contributed by atoms with E-state index >= 15 is 0 Å². The summed E-state index contributed by atoms with van der Waals surface area (Å²) in [5.41, 5.74) is 5.85. The summed E-state index contributed by atoms with van der Waals surface area (Å²) in [6.07, 6.45) is 4.74. The summed E-state index contributed by atoms with van der Waals surface area (Å²) in [5.74, 6) is -0.977. The molecule has 2 amide bonds. The molecule has 2 saturated heterocycles. The van der Waals surface area contributed by atoms with Crippen molar-refractivity contribution >= 4 is 47.6 Å². The van der Waals surface area contributed by atoms with Gasteiger partial charge in [-0.3, -0.25) is 19.5 Å². The lowest BCUT2D eigenvalue weighted by Gasteiger charge is -2.43. The fraction of sp³-hybridized carbons (Fsp3) is 0.289. The number of carbonyl (C=O) groups is 2. The van der Waals surface area contributed by atoms with Crippen LogP contribution in [-0.4, -0.2) is 53.9 Å². The Morgan fingerprint density at radius 3 is 2.49 bits per heavy atom. The first kappa shape index (κ1) is 32.7. The molecule has 7 rings (SSSR count). The number of rotatable bonds is 11. The SMILES string of the molecule is COCC1=C2[C@@H](CC/C(=C/c3ccc(CO)o3)c3ccccn3)OB(O)C[C@@H]2[C@@H]2C(=O)N(c3ccc(Nc4ccccc4)cc3)C(=O)[C@@H]2C1. The van der Waals surface area contributed by atoms with Gasteiger partial charge in [-0.05, 0) is 115 Å². The predicted octanol–water partition coefficient (Wildman–Crippen LogP) is 5.88. The van der Waals surface area contributed by atoms with E-state index in [1.807, 2.05) is 66.7 Å². The number of benzene rings is 2. The molecule has 2 aliphatic heterocycles. The molecule has 11 heteroatoms. The van der Waals surface area contributed by atoms with E-state index in [4.69, 9.17) is 13.8 Å². The molecular formula is C38H38BN3O7. The smallest absolute Gasteiger partial charge is 0.455 e. The van der Waals surface area contributed by atoms with Gasteiger partial charge in [-0.1, -0.05) is 24.3 Å². The minimum Gasteiger partial charge on any atom is -0.459 e. The van der Waals surface area contributed by atoms with Gasteiger partial charge in [-0.2, -0.15) is 0 Å². The van der Waals surface area contributed by atoms with Crippen LogP contribution in [0.15, 0.2) is 107 Å². The highest BCUT2D eigenvalue weighted by Crippen LogP contribution is 2.51. The summed E-state index contributed by atoms with van der Waals surface area (Å²) >= 11 is 0. The largest absolute Gasteiger partial charge is 0.459 e. The van der Waals surface area contributed by atoms with Crippen LogP contribution in [0.2, 0.25) is 6.32 Å². The summed E-state index contributed by atoms with van der Waals surface area (Å²) in [7, 11) is 0.522. The van der Waals surface area contributed by atoms with Gasteiger partial charge in [-0.25, -0.2) is 0 Å². The molecule has 0 radical (unpaired) electrons. The van der Waals surface area contributed by atoms with Crippen molar-refractivity contribution in [1.29, 1.82) is 0 Å². The number of ether oxygens (including phenoxy) is 1. The Morgan fingerprint density at radius 2 is 1.78 bits per heavy atom. The average molecular weight is 660 g/mol. The quantitative estimate of drug-likeness (QED) is 0.103. The first-order valence-electron chi connectivity index (χ1n) is 16.6. The monoisotopic (exact) mass is 659 g/mol. The van der Waals surface area contributed by atoms with Gasteiger partial charge >= 0.3 is 7.12 Å². The van der Waals surface area contributed by atoms with Crippen LogP contribution < -0.4 is 10.2 Å². The summed E-state index contributed by atoms with van der Waals surface area (Å²) < 4.78 is 17.6. The molecule has 2 fully saturated rings. The molecule has 3 N–H and O–H groups in total. The Kier molecular flexibility index (Phi) is 9.59. The van der Waals surface area contributed by atoms with Crippen LogP contribution in [0, 0.1) is 17.8 Å². The van der Waals surface area contributed by atoms with E-state index in [2.05, 4.69) is 10.3 Å². The number of allylic oxidation sites excluding steroid dienone is 1. The first-order chi connectivity index (χ1) is 23.9. The molecule has 0 saturated carbocycles. The molecule has 4 heterocycles. The lowest BCUT2D eigenvalue weighted by Crippen LogP contribution is -2.46. The zero-order chi connectivity index (χ0) is 33.9. The number of nitrogens with one attached hydrogen (secondary N) is 1. The van der Waals surface area contributed by atoms with Crippen molar-refractivity contribution in [2.45, 2.75) is 38.3 Å². The number of aromatic nitrogens is 1. The molecule has 2 aromatic heterocycles. The van der Waals surface area contributed by atoms with E-state index in [0.717, 1.165) is 33.8 Å². The highest BCUT2D eigenvalue weighted by Gasteiger charge is 2.57. The normalized spacial score (nSPS) is 22.4. The standard InChI is InChI=1S/C38H38BN3O7/c1-47-23-25-20-31-36(38(45)42(37(31)44)28-13-11-27(12-14-28)41-26-7-3-2-4-8-26)32-21-39(46)49-34(35(25)32)17-10-24(33-9-5-6-18-40-33)19-29-15-16-30(22-43)48-29/h2-9,11-16,18-19,31-32,34,36,41,43,46H,10,17,20-23H2,1H3/b24-19-/t31-,32+,34-,36-/m1/s1. The number of nitrogens with zero attached hydrogens (tertiary/aromatic N) is 2. The minimum absolute atomic E-state index is 0.198. The van der Waals surface area contributed by atoms with Crippen molar-refractivity contribution in [2.24, 2.45) is 17.8 Å². The molecule has 4 aromatic rings. The van der Waals surface area contributed by atoms with Crippen molar-refractivity contribution in [3.8, 4) is 0 Å². The number of hydrogen-bond donors (Lipinski definition) is 3. The number of furan rings is 1. The molecule has 0 bridgehead atoms. The van der Waals surface area contributed by atoms with Crippen molar-refractivity contribution in [2.75, 3.05) is 23.9 Å². The second-order valence-corrected chi connectivity index (χ2v) is 12.7. The number of hydrogen-bond acceptors (Lipinski definition) is 9. The fourth-order valence-corrected chi connectivity index (χ4v) is 7.55. The maximum Gasteiger partial charge on any atom is 0.455 e. The molecule has 1 aliphatic carbocycles. The van der Waals surface area contributed by atoms with E-state index in [0.29, 0.717) is 43.1 Å². The number of amides is 2. The maximum atomic E-state index is 14.2. The van der Waals surface area contributed by atoms with Gasteiger partial charge in [0.15, 0.2) is 0 Å². The van der Waals surface area contributed by atoms with E-state index in [-0.39, 0.29) is 30.7 Å². The van der Waals surface area contributed by atoms with Crippen molar-refractivity contribution < 1.29 is 33.5 Å². The molecule has 250 valence electrons. The second-order valence-electron chi connectivity index (χ2n) is 12.7. The summed E-state index contributed by atoms with van der Waals surface area (Å²) in [6.45, 7) is 0.0988. The third kappa shape index (κ3) is 6.75. The number of anilines is 3. The minimum atomic E-state index is -1.10. The van der Waals surface area contributed by atoms with Crippen LogP contribution in [0.4, 0.5) is 17.1 Å². The average Bonchev–Trinajstić information content (AvgIpc) is 3.68. The number of carbonyl (C=O) groups excluding carboxylic acids is 2.